The van der Waals surface area contributed by atoms with E-state index < -0.39 is 23.7 Å². The summed E-state index contributed by atoms with van der Waals surface area (Å²) >= 11 is 0. The first-order valence-electron chi connectivity index (χ1n) is 8.45. The quantitative estimate of drug-likeness (QED) is 0.526. The second-order valence-corrected chi connectivity index (χ2v) is 5.79. The fourth-order valence-electron chi connectivity index (χ4n) is 2.49. The molecule has 0 fully saturated rings. The fraction of sp³-hybridized carbons (Fsp3) is 0.158. The van der Waals surface area contributed by atoms with Crippen molar-refractivity contribution in [2.45, 2.75) is 13.3 Å². The van der Waals surface area contributed by atoms with Gasteiger partial charge in [-0.3, -0.25) is 0 Å². The van der Waals surface area contributed by atoms with Gasteiger partial charge in [0.05, 0.1) is 11.4 Å². The lowest BCUT2D eigenvalue weighted by atomic mass is 10.1. The van der Waals surface area contributed by atoms with Gasteiger partial charge in [0.15, 0.2) is 11.6 Å². The van der Waals surface area contributed by atoms with Gasteiger partial charge in [-0.05, 0) is 31.2 Å². The van der Waals surface area contributed by atoms with E-state index in [9.17, 15) is 22.0 Å². The van der Waals surface area contributed by atoms with Crippen molar-refractivity contribution < 1.29 is 26.7 Å². The number of alkyl halides is 3. The minimum atomic E-state index is -4.83. The monoisotopic (exact) mass is 410 g/mol. The Kier molecular flexibility index (Phi) is 5.81. The minimum absolute atomic E-state index is 0.123. The van der Waals surface area contributed by atoms with Crippen molar-refractivity contribution in [3.63, 3.8) is 0 Å². The zero-order valence-electron chi connectivity index (χ0n) is 15.0. The molecule has 3 aromatic rings. The Bertz CT molecular complexity index is 1010. The van der Waals surface area contributed by atoms with Gasteiger partial charge < -0.3 is 15.4 Å². The third kappa shape index (κ3) is 5.31. The zero-order chi connectivity index (χ0) is 21.0. The summed E-state index contributed by atoms with van der Waals surface area (Å²) in [6.45, 7) is 2.27. The van der Waals surface area contributed by atoms with Gasteiger partial charge in [0.25, 0.3) is 0 Å². The number of aromatic nitrogens is 2. The van der Waals surface area contributed by atoms with E-state index >= 15 is 0 Å². The van der Waals surface area contributed by atoms with Gasteiger partial charge in [0.2, 0.25) is 5.95 Å². The van der Waals surface area contributed by atoms with Crippen LogP contribution in [-0.2, 0) is 0 Å². The van der Waals surface area contributed by atoms with Crippen LogP contribution >= 0.6 is 0 Å². The van der Waals surface area contributed by atoms with Crippen LogP contribution in [-0.4, -0.2) is 22.9 Å². The highest BCUT2D eigenvalue weighted by molar-refractivity contribution is 5.68. The van der Waals surface area contributed by atoms with Crippen LogP contribution in [0.15, 0.2) is 48.5 Å². The Morgan fingerprint density at radius 2 is 1.76 bits per heavy atom. The Labute approximate surface area is 162 Å². The SMILES string of the molecule is CCNc1nc(Nc2cccc(F)c2F)cc(-c2cccc(OC(F)(F)F)c2)n1. The molecule has 0 radical (unpaired) electrons. The van der Waals surface area contributed by atoms with Gasteiger partial charge in [-0.15, -0.1) is 13.2 Å². The first-order valence-corrected chi connectivity index (χ1v) is 8.45. The average molecular weight is 410 g/mol. The lowest BCUT2D eigenvalue weighted by molar-refractivity contribution is -0.274. The summed E-state index contributed by atoms with van der Waals surface area (Å²) in [4.78, 5) is 8.41. The van der Waals surface area contributed by atoms with Crippen LogP contribution < -0.4 is 15.4 Å². The molecule has 0 aliphatic carbocycles. The van der Waals surface area contributed by atoms with E-state index in [1.165, 1.54) is 30.3 Å². The van der Waals surface area contributed by atoms with Gasteiger partial charge in [0, 0.05) is 18.2 Å². The molecule has 2 aromatic carbocycles. The van der Waals surface area contributed by atoms with Gasteiger partial charge in [-0.25, -0.2) is 13.8 Å². The van der Waals surface area contributed by atoms with E-state index in [0.29, 0.717) is 12.1 Å². The average Bonchev–Trinajstić information content (AvgIpc) is 2.64. The second kappa shape index (κ2) is 8.29. The highest BCUT2D eigenvalue weighted by Crippen LogP contribution is 2.29. The number of nitrogens with one attached hydrogen (secondary N) is 2. The molecule has 1 aromatic heterocycles. The summed E-state index contributed by atoms with van der Waals surface area (Å²) in [7, 11) is 0. The smallest absolute Gasteiger partial charge is 0.406 e. The highest BCUT2D eigenvalue weighted by atomic mass is 19.4. The van der Waals surface area contributed by atoms with Crippen molar-refractivity contribution in [1.29, 1.82) is 0 Å². The molecule has 0 aliphatic rings. The van der Waals surface area contributed by atoms with Gasteiger partial charge >= 0.3 is 6.36 Å². The molecule has 5 nitrogen and oxygen atoms in total. The normalized spacial score (nSPS) is 11.2. The summed E-state index contributed by atoms with van der Waals surface area (Å²) in [5.74, 6) is -2.25. The van der Waals surface area contributed by atoms with Crippen LogP contribution in [0.1, 0.15) is 6.92 Å². The summed E-state index contributed by atoms with van der Waals surface area (Å²) in [6, 6.07) is 10.3. The number of hydrogen-bond donors (Lipinski definition) is 2. The van der Waals surface area contributed by atoms with Crippen LogP contribution in [0.2, 0.25) is 0 Å². The molecule has 29 heavy (non-hydrogen) atoms. The Hall–Kier alpha value is -3.43. The number of rotatable bonds is 6. The summed E-state index contributed by atoms with van der Waals surface area (Å²) in [6.07, 6.45) is -4.83. The van der Waals surface area contributed by atoms with Crippen LogP contribution in [0.3, 0.4) is 0 Å². The molecule has 0 atom stereocenters. The van der Waals surface area contributed by atoms with E-state index in [4.69, 9.17) is 0 Å². The van der Waals surface area contributed by atoms with Gasteiger partial charge in [-0.2, -0.15) is 4.98 Å². The number of benzene rings is 2. The Morgan fingerprint density at radius 3 is 2.48 bits per heavy atom. The third-order valence-electron chi connectivity index (χ3n) is 3.64. The Morgan fingerprint density at radius 1 is 1.00 bits per heavy atom. The van der Waals surface area contributed by atoms with Crippen molar-refractivity contribution in [3.8, 4) is 17.0 Å². The molecule has 0 bridgehead atoms. The van der Waals surface area contributed by atoms with Crippen LogP contribution in [0.4, 0.5) is 39.4 Å². The molecule has 0 aliphatic heterocycles. The fourth-order valence-corrected chi connectivity index (χ4v) is 2.49. The molecule has 10 heteroatoms. The maximum Gasteiger partial charge on any atom is 0.573 e. The second-order valence-electron chi connectivity index (χ2n) is 5.79. The number of nitrogens with zero attached hydrogens (tertiary/aromatic N) is 2. The third-order valence-corrected chi connectivity index (χ3v) is 3.64. The van der Waals surface area contributed by atoms with Crippen molar-refractivity contribution in [3.05, 3.63) is 60.2 Å². The first-order chi connectivity index (χ1) is 13.7. The molecule has 3 rings (SSSR count). The summed E-state index contributed by atoms with van der Waals surface area (Å²) < 4.78 is 68.8. The minimum Gasteiger partial charge on any atom is -0.406 e. The molecular weight excluding hydrogens is 395 g/mol. The number of anilines is 3. The van der Waals surface area contributed by atoms with Crippen molar-refractivity contribution in [2.24, 2.45) is 0 Å². The van der Waals surface area contributed by atoms with Gasteiger partial charge in [0.1, 0.15) is 11.6 Å². The maximum absolute atomic E-state index is 14.0. The largest absolute Gasteiger partial charge is 0.573 e. The van der Waals surface area contributed by atoms with Crippen LogP contribution in [0.5, 0.6) is 5.75 Å². The zero-order valence-corrected chi connectivity index (χ0v) is 15.0. The van der Waals surface area contributed by atoms with E-state index in [1.807, 2.05) is 0 Å². The van der Waals surface area contributed by atoms with E-state index in [0.717, 1.165) is 18.2 Å². The lowest BCUT2D eigenvalue weighted by Crippen LogP contribution is -2.17. The van der Waals surface area contributed by atoms with Crippen molar-refractivity contribution in [2.75, 3.05) is 17.2 Å². The standard InChI is InChI=1S/C19H15F5N4O/c1-2-25-18-27-15(11-5-3-6-12(9-11)29-19(22,23)24)10-16(28-18)26-14-8-4-7-13(20)17(14)21/h3-10H,2H2,1H3,(H2,25,26,27,28). The van der Waals surface area contributed by atoms with Crippen LogP contribution in [0, 0.1) is 11.6 Å². The Balaban J connectivity index is 1.99. The number of halogens is 5. The molecule has 0 spiro atoms. The number of ether oxygens (including phenoxy) is 1. The molecule has 0 saturated carbocycles. The lowest BCUT2D eigenvalue weighted by Gasteiger charge is -2.13. The predicted molar refractivity (Wildman–Crippen MR) is 98.0 cm³/mol. The summed E-state index contributed by atoms with van der Waals surface area (Å²) in [5, 5.41) is 5.54. The number of hydrogen-bond acceptors (Lipinski definition) is 5. The summed E-state index contributed by atoms with van der Waals surface area (Å²) in [5.41, 5.74) is 0.421. The maximum atomic E-state index is 14.0. The molecule has 2 N–H and O–H groups in total. The molecule has 1 heterocycles. The topological polar surface area (TPSA) is 59.1 Å². The van der Waals surface area contributed by atoms with Crippen LogP contribution in [0.25, 0.3) is 11.3 Å². The molecule has 0 saturated heterocycles. The van der Waals surface area contributed by atoms with E-state index in [-0.39, 0.29) is 23.1 Å². The van der Waals surface area contributed by atoms with E-state index in [2.05, 4.69) is 25.3 Å². The molecular formula is C19H15F5N4O. The predicted octanol–water partition coefficient (Wildman–Crippen LogP) is 5.50. The molecule has 0 unspecified atom stereocenters. The highest BCUT2D eigenvalue weighted by Gasteiger charge is 2.31. The van der Waals surface area contributed by atoms with Crippen molar-refractivity contribution >= 4 is 17.5 Å². The molecule has 152 valence electrons. The van der Waals surface area contributed by atoms with Gasteiger partial charge in [-0.1, -0.05) is 18.2 Å². The van der Waals surface area contributed by atoms with E-state index in [1.54, 1.807) is 6.92 Å². The molecule has 0 amide bonds. The van der Waals surface area contributed by atoms with Crippen molar-refractivity contribution in [1.82, 2.24) is 9.97 Å². The first kappa shape index (κ1) is 20.3.